The van der Waals surface area contributed by atoms with Crippen molar-refractivity contribution in [1.29, 1.82) is 0 Å². The summed E-state index contributed by atoms with van der Waals surface area (Å²) in [6, 6.07) is 14.1. The Hall–Kier alpha value is -2.66. The predicted octanol–water partition coefficient (Wildman–Crippen LogP) is 3.08. The van der Waals surface area contributed by atoms with Crippen LogP contribution in [0.15, 0.2) is 47.5 Å². The van der Waals surface area contributed by atoms with Gasteiger partial charge in [-0.3, -0.25) is 9.79 Å². The van der Waals surface area contributed by atoms with Gasteiger partial charge in [0.15, 0.2) is 0 Å². The summed E-state index contributed by atoms with van der Waals surface area (Å²) in [4.78, 5) is 18.7. The van der Waals surface area contributed by atoms with Crippen LogP contribution in [0.4, 0.5) is 0 Å². The van der Waals surface area contributed by atoms with Crippen molar-refractivity contribution < 1.29 is 14.3 Å². The van der Waals surface area contributed by atoms with E-state index in [-0.39, 0.29) is 12.4 Å². The maximum Gasteiger partial charge on any atom is 0.309 e. The van der Waals surface area contributed by atoms with E-state index in [9.17, 15) is 4.79 Å². The second-order valence-electron chi connectivity index (χ2n) is 6.92. The molecule has 0 aliphatic carbocycles. The van der Waals surface area contributed by atoms with Gasteiger partial charge < -0.3 is 14.4 Å². The van der Waals surface area contributed by atoms with Gasteiger partial charge in [-0.15, -0.1) is 0 Å². The Bertz CT molecular complexity index is 843. The Morgan fingerprint density at radius 2 is 2.00 bits per heavy atom. The number of rotatable bonds is 6. The lowest BCUT2D eigenvalue weighted by atomic mass is 9.97. The van der Waals surface area contributed by atoms with Crippen LogP contribution in [0.3, 0.4) is 0 Å². The van der Waals surface area contributed by atoms with Crippen LogP contribution < -0.4 is 4.74 Å². The van der Waals surface area contributed by atoms with Crippen LogP contribution in [0.2, 0.25) is 0 Å². The molecule has 0 saturated heterocycles. The Labute approximate surface area is 160 Å². The minimum Gasteiger partial charge on any atom is -0.488 e. The largest absolute Gasteiger partial charge is 0.488 e. The molecule has 5 heteroatoms. The molecular weight excluding hydrogens is 340 g/mol. The summed E-state index contributed by atoms with van der Waals surface area (Å²) in [6.45, 7) is 2.24. The number of fused-ring (bicyclic) bond motifs is 2. The van der Waals surface area contributed by atoms with Crippen LogP contribution >= 0.6 is 0 Å². The topological polar surface area (TPSA) is 51.1 Å². The van der Waals surface area contributed by atoms with Crippen molar-refractivity contribution in [2.75, 3.05) is 34.3 Å². The smallest absolute Gasteiger partial charge is 0.309 e. The number of nitrogens with zero attached hydrogens (tertiary/aromatic N) is 2. The fourth-order valence-electron chi connectivity index (χ4n) is 3.16. The van der Waals surface area contributed by atoms with Crippen molar-refractivity contribution in [3.05, 3.63) is 64.7 Å². The number of methoxy groups -OCH3 is 1. The maximum atomic E-state index is 11.6. The summed E-state index contributed by atoms with van der Waals surface area (Å²) in [7, 11) is 5.54. The van der Waals surface area contributed by atoms with Gasteiger partial charge in [0.05, 0.1) is 19.2 Å². The highest BCUT2D eigenvalue weighted by molar-refractivity contribution is 6.15. The zero-order valence-electron chi connectivity index (χ0n) is 16.2. The zero-order chi connectivity index (χ0) is 19.2. The molecule has 0 unspecified atom stereocenters. The van der Waals surface area contributed by atoms with E-state index in [4.69, 9.17) is 14.5 Å². The van der Waals surface area contributed by atoms with Gasteiger partial charge in [0.1, 0.15) is 12.4 Å². The Morgan fingerprint density at radius 1 is 1.19 bits per heavy atom. The summed E-state index contributed by atoms with van der Waals surface area (Å²) >= 11 is 0. The molecule has 1 aliphatic heterocycles. The number of aliphatic imine (C=N–C) groups is 1. The van der Waals surface area contributed by atoms with Gasteiger partial charge in [0.25, 0.3) is 0 Å². The van der Waals surface area contributed by atoms with E-state index in [1.165, 1.54) is 7.11 Å². The van der Waals surface area contributed by atoms with E-state index in [2.05, 4.69) is 31.1 Å². The lowest BCUT2D eigenvalue weighted by molar-refractivity contribution is -0.139. The fraction of sp³-hybridized carbons (Fsp3) is 0.364. The second-order valence-corrected chi connectivity index (χ2v) is 6.92. The average Bonchev–Trinajstić information content (AvgIpc) is 2.82. The monoisotopic (exact) mass is 366 g/mol. The molecular formula is C22H26N2O3. The van der Waals surface area contributed by atoms with E-state index in [0.717, 1.165) is 53.2 Å². The number of carbonyl (C=O) groups is 1. The average molecular weight is 366 g/mol. The molecule has 2 aromatic carbocycles. The van der Waals surface area contributed by atoms with Gasteiger partial charge in [-0.2, -0.15) is 0 Å². The molecule has 1 aliphatic rings. The first-order valence-corrected chi connectivity index (χ1v) is 9.19. The molecule has 142 valence electrons. The highest BCUT2D eigenvalue weighted by Gasteiger charge is 2.21. The number of carbonyl (C=O) groups excluding carboxylic acids is 1. The summed E-state index contributed by atoms with van der Waals surface area (Å²) in [6.07, 6.45) is 1.23. The number of hydrogen-bond acceptors (Lipinski definition) is 5. The third-order valence-electron chi connectivity index (χ3n) is 4.57. The van der Waals surface area contributed by atoms with Crippen molar-refractivity contribution in [2.24, 2.45) is 4.99 Å². The van der Waals surface area contributed by atoms with E-state index in [0.29, 0.717) is 6.61 Å². The summed E-state index contributed by atoms with van der Waals surface area (Å²) < 4.78 is 10.8. The molecule has 27 heavy (non-hydrogen) atoms. The molecule has 5 nitrogen and oxygen atoms in total. The number of esters is 1. The first-order valence-electron chi connectivity index (χ1n) is 9.19. The van der Waals surface area contributed by atoms with Gasteiger partial charge in [-0.1, -0.05) is 30.3 Å². The molecule has 2 aromatic rings. The lowest BCUT2D eigenvalue weighted by Gasteiger charge is -2.12. The summed E-state index contributed by atoms with van der Waals surface area (Å²) in [5.74, 6) is 0.503. The number of hydrogen-bond donors (Lipinski definition) is 0. The fourth-order valence-corrected chi connectivity index (χ4v) is 3.16. The van der Waals surface area contributed by atoms with Crippen molar-refractivity contribution in [2.45, 2.75) is 19.4 Å². The van der Waals surface area contributed by atoms with Crippen LogP contribution in [-0.4, -0.2) is 50.9 Å². The minimum atomic E-state index is -0.260. The molecule has 0 bridgehead atoms. The Morgan fingerprint density at radius 3 is 2.78 bits per heavy atom. The van der Waals surface area contributed by atoms with Gasteiger partial charge in [-0.25, -0.2) is 0 Å². The summed E-state index contributed by atoms with van der Waals surface area (Å²) in [5, 5.41) is 0. The first kappa shape index (κ1) is 19.1. The van der Waals surface area contributed by atoms with Crippen LogP contribution in [0.25, 0.3) is 0 Å². The second kappa shape index (κ2) is 8.82. The van der Waals surface area contributed by atoms with Crippen molar-refractivity contribution in [1.82, 2.24) is 4.90 Å². The SMILES string of the molecule is COC(=O)Cc1ccc2c(c1)OCc1ccccc1C2=NCCCN(C)C. The van der Waals surface area contributed by atoms with E-state index in [1.54, 1.807) is 0 Å². The third kappa shape index (κ3) is 4.74. The van der Waals surface area contributed by atoms with Gasteiger partial charge >= 0.3 is 5.97 Å². The van der Waals surface area contributed by atoms with Crippen molar-refractivity contribution >= 4 is 11.7 Å². The molecule has 0 atom stereocenters. The molecule has 0 spiro atoms. The Balaban J connectivity index is 1.95. The van der Waals surface area contributed by atoms with E-state index >= 15 is 0 Å². The predicted molar refractivity (Wildman–Crippen MR) is 107 cm³/mol. The number of ether oxygens (including phenoxy) is 2. The standard InChI is InChI=1S/C22H26N2O3/c1-24(2)12-6-11-23-22-18-8-5-4-7-17(18)15-27-20-13-16(9-10-19(20)22)14-21(25)26-3/h4-5,7-10,13H,6,11-12,14-15H2,1-3H3. The normalized spacial score (nSPS) is 14.3. The molecule has 1 heterocycles. The lowest BCUT2D eigenvalue weighted by Crippen LogP contribution is -2.14. The van der Waals surface area contributed by atoms with Crippen LogP contribution in [0.5, 0.6) is 5.75 Å². The zero-order valence-corrected chi connectivity index (χ0v) is 16.2. The van der Waals surface area contributed by atoms with E-state index < -0.39 is 0 Å². The van der Waals surface area contributed by atoms with Crippen LogP contribution in [0.1, 0.15) is 28.7 Å². The highest BCUT2D eigenvalue weighted by Crippen LogP contribution is 2.30. The molecule has 3 rings (SSSR count). The van der Waals surface area contributed by atoms with Crippen LogP contribution in [0, 0.1) is 0 Å². The highest BCUT2D eigenvalue weighted by atomic mass is 16.5. The molecule has 0 aromatic heterocycles. The molecule has 0 radical (unpaired) electrons. The van der Waals surface area contributed by atoms with Crippen LogP contribution in [-0.2, 0) is 22.6 Å². The van der Waals surface area contributed by atoms with Gasteiger partial charge in [-0.05, 0) is 50.3 Å². The first-order chi connectivity index (χ1) is 13.1. The summed E-state index contributed by atoms with van der Waals surface area (Å²) in [5.41, 5.74) is 5.04. The molecule has 0 saturated carbocycles. The third-order valence-corrected chi connectivity index (χ3v) is 4.57. The molecule has 0 amide bonds. The van der Waals surface area contributed by atoms with Crippen molar-refractivity contribution in [3.63, 3.8) is 0 Å². The van der Waals surface area contributed by atoms with Gasteiger partial charge in [0.2, 0.25) is 0 Å². The quantitative estimate of drug-likeness (QED) is 0.582. The maximum absolute atomic E-state index is 11.6. The van der Waals surface area contributed by atoms with Crippen molar-refractivity contribution in [3.8, 4) is 5.75 Å². The molecule has 0 fully saturated rings. The number of benzene rings is 2. The molecule has 0 N–H and O–H groups in total. The van der Waals surface area contributed by atoms with E-state index in [1.807, 2.05) is 30.3 Å². The van der Waals surface area contributed by atoms with Gasteiger partial charge in [0, 0.05) is 17.7 Å². The minimum absolute atomic E-state index is 0.232. The Kier molecular flexibility index (Phi) is 6.24.